The lowest BCUT2D eigenvalue weighted by atomic mass is 10.1. The molecule has 21 heavy (non-hydrogen) atoms. The van der Waals surface area contributed by atoms with E-state index in [2.05, 4.69) is 62.8 Å². The summed E-state index contributed by atoms with van der Waals surface area (Å²) < 4.78 is 4.33. The topological polar surface area (TPSA) is 66.5 Å². The fourth-order valence-corrected chi connectivity index (χ4v) is 2.64. The van der Waals surface area contributed by atoms with Crippen molar-refractivity contribution in [2.75, 3.05) is 5.32 Å². The quantitative estimate of drug-likeness (QED) is 0.754. The molecular formula is C15H17N5S. The summed E-state index contributed by atoms with van der Waals surface area (Å²) in [6.07, 6.45) is 3.51. The molecule has 0 bridgehead atoms. The SMILES string of the molecule is CC(C)c1nsc(NCc2ccc(-c3cnc[nH]3)cc2)n1. The molecule has 3 aromatic rings. The van der Waals surface area contributed by atoms with Crippen LogP contribution in [0, 0.1) is 0 Å². The summed E-state index contributed by atoms with van der Waals surface area (Å²) in [6, 6.07) is 8.38. The number of hydrogen-bond acceptors (Lipinski definition) is 5. The Hall–Kier alpha value is -2.21. The van der Waals surface area contributed by atoms with Gasteiger partial charge in [-0.25, -0.2) is 9.97 Å². The maximum absolute atomic E-state index is 4.47. The van der Waals surface area contributed by atoms with Crippen LogP contribution in [0.5, 0.6) is 0 Å². The van der Waals surface area contributed by atoms with Crippen molar-refractivity contribution in [3.05, 3.63) is 48.2 Å². The zero-order valence-electron chi connectivity index (χ0n) is 12.0. The predicted octanol–water partition coefficient (Wildman–Crippen LogP) is 3.66. The number of aromatic amines is 1. The second-order valence-electron chi connectivity index (χ2n) is 5.13. The minimum Gasteiger partial charge on any atom is -0.356 e. The normalized spacial score (nSPS) is 11.0. The third-order valence-corrected chi connectivity index (χ3v) is 3.85. The second kappa shape index (κ2) is 6.05. The van der Waals surface area contributed by atoms with Crippen LogP contribution in [0.15, 0.2) is 36.8 Å². The Morgan fingerprint density at radius 2 is 2.05 bits per heavy atom. The minimum absolute atomic E-state index is 0.366. The van der Waals surface area contributed by atoms with Gasteiger partial charge in [-0.2, -0.15) is 4.37 Å². The first-order valence-electron chi connectivity index (χ1n) is 6.87. The molecule has 0 aliphatic carbocycles. The van der Waals surface area contributed by atoms with Crippen LogP contribution in [0.2, 0.25) is 0 Å². The molecule has 0 spiro atoms. The number of H-pyrrole nitrogens is 1. The van der Waals surface area contributed by atoms with Gasteiger partial charge in [0.2, 0.25) is 5.13 Å². The molecule has 0 amide bonds. The van der Waals surface area contributed by atoms with Gasteiger partial charge in [0.05, 0.1) is 18.2 Å². The summed E-state index contributed by atoms with van der Waals surface area (Å²) in [5.41, 5.74) is 3.37. The van der Waals surface area contributed by atoms with Gasteiger partial charge in [0.1, 0.15) is 5.82 Å². The van der Waals surface area contributed by atoms with E-state index in [4.69, 9.17) is 0 Å². The van der Waals surface area contributed by atoms with Crippen LogP contribution >= 0.6 is 11.5 Å². The molecule has 0 radical (unpaired) electrons. The zero-order valence-corrected chi connectivity index (χ0v) is 12.8. The van der Waals surface area contributed by atoms with Crippen molar-refractivity contribution in [3.63, 3.8) is 0 Å². The van der Waals surface area contributed by atoms with Gasteiger partial charge in [0, 0.05) is 24.0 Å². The zero-order chi connectivity index (χ0) is 14.7. The Morgan fingerprint density at radius 3 is 2.67 bits per heavy atom. The van der Waals surface area contributed by atoms with Gasteiger partial charge in [-0.15, -0.1) is 0 Å². The molecule has 1 aromatic carbocycles. The van der Waals surface area contributed by atoms with Gasteiger partial charge in [-0.1, -0.05) is 38.1 Å². The molecule has 0 unspecified atom stereocenters. The van der Waals surface area contributed by atoms with E-state index in [9.17, 15) is 0 Å². The lowest BCUT2D eigenvalue weighted by Crippen LogP contribution is -1.99. The smallest absolute Gasteiger partial charge is 0.202 e. The van der Waals surface area contributed by atoms with Crippen molar-refractivity contribution in [2.24, 2.45) is 0 Å². The molecule has 0 saturated carbocycles. The molecule has 0 saturated heterocycles. The average Bonchev–Trinajstić information content (AvgIpc) is 3.17. The van der Waals surface area contributed by atoms with Gasteiger partial charge >= 0.3 is 0 Å². The Bertz CT molecular complexity index is 685. The summed E-state index contributed by atoms with van der Waals surface area (Å²) in [5.74, 6) is 1.27. The lowest BCUT2D eigenvalue weighted by Gasteiger charge is -2.04. The number of aromatic nitrogens is 4. The van der Waals surface area contributed by atoms with Crippen LogP contribution in [0.4, 0.5) is 5.13 Å². The number of imidazole rings is 1. The summed E-state index contributed by atoms with van der Waals surface area (Å²) in [6.45, 7) is 4.94. The van der Waals surface area contributed by atoms with Gasteiger partial charge < -0.3 is 10.3 Å². The van der Waals surface area contributed by atoms with Crippen LogP contribution in [0.25, 0.3) is 11.3 Å². The third-order valence-electron chi connectivity index (χ3n) is 3.17. The number of nitrogens with zero attached hydrogens (tertiary/aromatic N) is 3. The number of benzene rings is 1. The first-order valence-corrected chi connectivity index (χ1v) is 7.65. The maximum Gasteiger partial charge on any atom is 0.202 e. The summed E-state index contributed by atoms with van der Waals surface area (Å²) in [4.78, 5) is 11.6. The third kappa shape index (κ3) is 3.28. The van der Waals surface area contributed by atoms with Crippen LogP contribution in [0.1, 0.15) is 31.2 Å². The van der Waals surface area contributed by atoms with Gasteiger partial charge in [0.15, 0.2) is 0 Å². The molecule has 5 nitrogen and oxygen atoms in total. The highest BCUT2D eigenvalue weighted by atomic mass is 32.1. The molecule has 2 aromatic heterocycles. The molecule has 108 valence electrons. The molecular weight excluding hydrogens is 282 g/mol. The van der Waals surface area contributed by atoms with Crippen molar-refractivity contribution in [1.29, 1.82) is 0 Å². The van der Waals surface area contributed by atoms with E-state index < -0.39 is 0 Å². The van der Waals surface area contributed by atoms with E-state index in [0.29, 0.717) is 5.92 Å². The molecule has 2 N–H and O–H groups in total. The van der Waals surface area contributed by atoms with E-state index in [1.807, 2.05) is 6.20 Å². The Labute approximate surface area is 127 Å². The lowest BCUT2D eigenvalue weighted by molar-refractivity contribution is 0.799. The number of anilines is 1. The molecule has 0 fully saturated rings. The van der Waals surface area contributed by atoms with E-state index in [0.717, 1.165) is 28.8 Å². The Kier molecular flexibility index (Phi) is 3.96. The fraction of sp³-hybridized carbons (Fsp3) is 0.267. The van der Waals surface area contributed by atoms with Gasteiger partial charge in [0.25, 0.3) is 0 Å². The Balaban J connectivity index is 1.62. The van der Waals surface area contributed by atoms with E-state index >= 15 is 0 Å². The highest BCUT2D eigenvalue weighted by Gasteiger charge is 2.07. The maximum atomic E-state index is 4.47. The largest absolute Gasteiger partial charge is 0.356 e. The summed E-state index contributed by atoms with van der Waals surface area (Å²) >= 11 is 1.41. The number of hydrogen-bond donors (Lipinski definition) is 2. The summed E-state index contributed by atoms with van der Waals surface area (Å²) in [7, 11) is 0. The highest BCUT2D eigenvalue weighted by molar-refractivity contribution is 7.09. The standard InChI is InChI=1S/C15H17N5S/c1-10(2)14-19-15(21-20-14)17-7-11-3-5-12(6-4-11)13-8-16-9-18-13/h3-6,8-10H,7H2,1-2H3,(H,16,18)(H,17,19,20). The first kappa shape index (κ1) is 13.8. The van der Waals surface area contributed by atoms with Crippen molar-refractivity contribution >= 4 is 16.7 Å². The van der Waals surface area contributed by atoms with E-state index in [1.54, 1.807) is 6.33 Å². The molecule has 6 heteroatoms. The average molecular weight is 299 g/mol. The molecule has 0 aliphatic rings. The van der Waals surface area contributed by atoms with Crippen molar-refractivity contribution in [1.82, 2.24) is 19.3 Å². The van der Waals surface area contributed by atoms with Gasteiger partial charge in [-0.05, 0) is 11.1 Å². The van der Waals surface area contributed by atoms with Gasteiger partial charge in [-0.3, -0.25) is 0 Å². The predicted molar refractivity (Wildman–Crippen MR) is 85.3 cm³/mol. The number of rotatable bonds is 5. The van der Waals surface area contributed by atoms with Crippen molar-refractivity contribution < 1.29 is 0 Å². The molecule has 3 rings (SSSR count). The van der Waals surface area contributed by atoms with Crippen molar-refractivity contribution in [2.45, 2.75) is 26.3 Å². The summed E-state index contributed by atoms with van der Waals surface area (Å²) in [5, 5.41) is 4.19. The van der Waals surface area contributed by atoms with E-state index in [-0.39, 0.29) is 0 Å². The minimum atomic E-state index is 0.366. The highest BCUT2D eigenvalue weighted by Crippen LogP contribution is 2.19. The molecule has 0 aliphatic heterocycles. The monoisotopic (exact) mass is 299 g/mol. The van der Waals surface area contributed by atoms with Crippen LogP contribution in [-0.4, -0.2) is 19.3 Å². The fourth-order valence-electron chi connectivity index (χ4n) is 1.93. The van der Waals surface area contributed by atoms with Crippen LogP contribution < -0.4 is 5.32 Å². The number of nitrogens with one attached hydrogen (secondary N) is 2. The Morgan fingerprint density at radius 1 is 1.24 bits per heavy atom. The molecule has 2 heterocycles. The molecule has 0 atom stereocenters. The van der Waals surface area contributed by atoms with Crippen LogP contribution in [0.3, 0.4) is 0 Å². The van der Waals surface area contributed by atoms with Crippen LogP contribution in [-0.2, 0) is 6.54 Å². The van der Waals surface area contributed by atoms with Crippen molar-refractivity contribution in [3.8, 4) is 11.3 Å². The van der Waals surface area contributed by atoms with E-state index in [1.165, 1.54) is 17.1 Å². The first-order chi connectivity index (χ1) is 10.2. The second-order valence-corrected chi connectivity index (χ2v) is 5.88.